The molecule has 1 saturated heterocycles. The van der Waals surface area contributed by atoms with E-state index in [1.807, 2.05) is 0 Å². The third-order valence-corrected chi connectivity index (χ3v) is 2.81. The van der Waals surface area contributed by atoms with Crippen molar-refractivity contribution in [1.82, 2.24) is 10.6 Å². The predicted molar refractivity (Wildman–Crippen MR) is 64.8 cm³/mol. The van der Waals surface area contributed by atoms with Gasteiger partial charge in [-0.25, -0.2) is 4.79 Å². The molecular weight excluding hydrogens is 236 g/mol. The van der Waals surface area contributed by atoms with E-state index in [4.69, 9.17) is 4.74 Å². The van der Waals surface area contributed by atoms with Gasteiger partial charge in [-0.2, -0.15) is 0 Å². The van der Waals surface area contributed by atoms with Crippen LogP contribution in [0, 0.1) is 0 Å². The van der Waals surface area contributed by atoms with E-state index in [-0.39, 0.29) is 12.3 Å². The van der Waals surface area contributed by atoms with Crippen molar-refractivity contribution < 1.29 is 19.1 Å². The molecule has 2 N–H and O–H groups in total. The van der Waals surface area contributed by atoms with Crippen molar-refractivity contribution >= 4 is 17.9 Å². The van der Waals surface area contributed by atoms with Gasteiger partial charge in [0.05, 0.1) is 0 Å². The maximum absolute atomic E-state index is 11.9. The number of piperidine rings is 1. The van der Waals surface area contributed by atoms with Crippen molar-refractivity contribution in [1.29, 1.82) is 0 Å². The lowest BCUT2D eigenvalue weighted by Crippen LogP contribution is -2.63. The Kier molecular flexibility index (Phi) is 3.98. The zero-order chi connectivity index (χ0) is 14.0. The lowest BCUT2D eigenvalue weighted by Gasteiger charge is -2.35. The van der Waals surface area contributed by atoms with Crippen LogP contribution in [0.4, 0.5) is 4.79 Å². The van der Waals surface area contributed by atoms with Crippen LogP contribution >= 0.6 is 0 Å². The Bertz CT molecular complexity index is 373. The van der Waals surface area contributed by atoms with Crippen molar-refractivity contribution in [2.24, 2.45) is 0 Å². The monoisotopic (exact) mass is 256 g/mol. The molecule has 3 amide bonds. The van der Waals surface area contributed by atoms with Crippen LogP contribution in [0.2, 0.25) is 0 Å². The molecule has 1 aliphatic heterocycles. The van der Waals surface area contributed by atoms with E-state index in [1.165, 1.54) is 0 Å². The first kappa shape index (κ1) is 14.5. The van der Waals surface area contributed by atoms with Gasteiger partial charge in [0.2, 0.25) is 5.91 Å². The Morgan fingerprint density at radius 1 is 1.44 bits per heavy atom. The minimum atomic E-state index is -1.05. The number of hydrogen-bond donors (Lipinski definition) is 2. The second kappa shape index (κ2) is 4.96. The molecule has 1 rings (SSSR count). The number of ether oxygens (including phenoxy) is 1. The van der Waals surface area contributed by atoms with E-state index < -0.39 is 23.1 Å². The van der Waals surface area contributed by atoms with E-state index in [0.717, 1.165) is 0 Å². The number of amides is 3. The number of rotatable bonds is 2. The number of alkyl carbamates (subject to hydrolysis) is 1. The molecule has 1 heterocycles. The van der Waals surface area contributed by atoms with E-state index in [0.29, 0.717) is 12.8 Å². The van der Waals surface area contributed by atoms with Crippen LogP contribution in [0.3, 0.4) is 0 Å². The van der Waals surface area contributed by atoms with Gasteiger partial charge in [0, 0.05) is 6.42 Å². The standard InChI is InChI=1S/C12H20N2O4/c1-5-12(7-6-8(15)13-9(12)16)14-10(17)18-11(2,3)4/h5-7H2,1-4H3,(H,14,17)(H,13,15,16). The normalized spacial score (nSPS) is 24.4. The van der Waals surface area contributed by atoms with E-state index in [1.54, 1.807) is 27.7 Å². The fourth-order valence-corrected chi connectivity index (χ4v) is 1.79. The summed E-state index contributed by atoms with van der Waals surface area (Å²) in [5.41, 5.74) is -1.67. The minimum Gasteiger partial charge on any atom is -0.444 e. The van der Waals surface area contributed by atoms with Gasteiger partial charge in [0.1, 0.15) is 11.1 Å². The van der Waals surface area contributed by atoms with Crippen LogP contribution in [0.15, 0.2) is 0 Å². The first-order chi connectivity index (χ1) is 8.18. The minimum absolute atomic E-state index is 0.218. The van der Waals surface area contributed by atoms with E-state index >= 15 is 0 Å². The maximum atomic E-state index is 11.9. The number of hydrogen-bond acceptors (Lipinski definition) is 4. The third-order valence-electron chi connectivity index (χ3n) is 2.81. The molecule has 1 atom stereocenters. The molecular formula is C12H20N2O4. The lowest BCUT2D eigenvalue weighted by molar-refractivity contribution is -0.138. The van der Waals surface area contributed by atoms with Gasteiger partial charge in [-0.15, -0.1) is 0 Å². The van der Waals surface area contributed by atoms with Crippen molar-refractivity contribution in [3.8, 4) is 0 Å². The van der Waals surface area contributed by atoms with Crippen molar-refractivity contribution in [2.45, 2.75) is 58.1 Å². The second-order valence-electron chi connectivity index (χ2n) is 5.44. The summed E-state index contributed by atoms with van der Waals surface area (Å²) < 4.78 is 5.13. The molecule has 0 aromatic rings. The number of carbonyl (C=O) groups excluding carboxylic acids is 3. The summed E-state index contributed by atoms with van der Waals surface area (Å²) in [5.74, 6) is -0.776. The van der Waals surface area contributed by atoms with Crippen molar-refractivity contribution in [3.05, 3.63) is 0 Å². The molecule has 0 saturated carbocycles. The van der Waals surface area contributed by atoms with Crippen molar-refractivity contribution in [3.63, 3.8) is 0 Å². The average Bonchev–Trinajstić information content (AvgIpc) is 2.20. The Morgan fingerprint density at radius 2 is 2.06 bits per heavy atom. The molecule has 0 aromatic carbocycles. The molecule has 102 valence electrons. The zero-order valence-corrected chi connectivity index (χ0v) is 11.3. The number of nitrogens with one attached hydrogen (secondary N) is 2. The summed E-state index contributed by atoms with van der Waals surface area (Å²) >= 11 is 0. The van der Waals surface area contributed by atoms with Crippen LogP contribution in [0.1, 0.15) is 47.0 Å². The molecule has 0 aromatic heterocycles. The van der Waals surface area contributed by atoms with Crippen LogP contribution in [0.25, 0.3) is 0 Å². The Hall–Kier alpha value is -1.59. The van der Waals surface area contributed by atoms with E-state index in [2.05, 4.69) is 10.6 Å². The largest absolute Gasteiger partial charge is 0.444 e. The van der Waals surface area contributed by atoms with Crippen LogP contribution in [-0.4, -0.2) is 29.0 Å². The molecule has 0 aliphatic carbocycles. The first-order valence-electron chi connectivity index (χ1n) is 6.04. The average molecular weight is 256 g/mol. The summed E-state index contributed by atoms with van der Waals surface area (Å²) in [6, 6.07) is 0. The lowest BCUT2D eigenvalue weighted by atomic mass is 9.86. The second-order valence-corrected chi connectivity index (χ2v) is 5.44. The third kappa shape index (κ3) is 3.45. The highest BCUT2D eigenvalue weighted by Gasteiger charge is 2.43. The van der Waals surface area contributed by atoms with Gasteiger partial charge in [-0.05, 0) is 33.6 Å². The first-order valence-corrected chi connectivity index (χ1v) is 6.04. The summed E-state index contributed by atoms with van der Waals surface area (Å²) in [7, 11) is 0. The molecule has 0 spiro atoms. The van der Waals surface area contributed by atoms with Gasteiger partial charge < -0.3 is 10.1 Å². The van der Waals surface area contributed by atoms with Crippen LogP contribution in [-0.2, 0) is 14.3 Å². The molecule has 6 heteroatoms. The molecule has 18 heavy (non-hydrogen) atoms. The van der Waals surface area contributed by atoms with Crippen molar-refractivity contribution in [2.75, 3.05) is 0 Å². The summed E-state index contributed by atoms with van der Waals surface area (Å²) in [6.07, 6.45) is 0.280. The van der Waals surface area contributed by atoms with Gasteiger partial charge in [0.15, 0.2) is 0 Å². The van der Waals surface area contributed by atoms with Crippen LogP contribution < -0.4 is 10.6 Å². The summed E-state index contributed by atoms with van der Waals surface area (Å²) in [6.45, 7) is 7.02. The van der Waals surface area contributed by atoms with E-state index in [9.17, 15) is 14.4 Å². The fourth-order valence-electron chi connectivity index (χ4n) is 1.79. The topological polar surface area (TPSA) is 84.5 Å². The Morgan fingerprint density at radius 3 is 2.50 bits per heavy atom. The maximum Gasteiger partial charge on any atom is 0.408 e. The van der Waals surface area contributed by atoms with Gasteiger partial charge in [-0.1, -0.05) is 6.92 Å². The fraction of sp³-hybridized carbons (Fsp3) is 0.750. The Balaban J connectivity index is 2.75. The predicted octanol–water partition coefficient (Wildman–Crippen LogP) is 1.10. The molecule has 0 radical (unpaired) electrons. The zero-order valence-electron chi connectivity index (χ0n) is 11.3. The highest BCUT2D eigenvalue weighted by Crippen LogP contribution is 2.22. The SMILES string of the molecule is CCC1(NC(=O)OC(C)(C)C)CCC(=O)NC1=O. The van der Waals surface area contributed by atoms with Gasteiger partial charge >= 0.3 is 6.09 Å². The number of carbonyl (C=O) groups is 3. The molecule has 1 unspecified atom stereocenters. The Labute approximate surface area is 106 Å². The quantitative estimate of drug-likeness (QED) is 0.724. The molecule has 0 bridgehead atoms. The summed E-state index contributed by atoms with van der Waals surface area (Å²) in [5, 5.41) is 4.82. The van der Waals surface area contributed by atoms with Gasteiger partial charge in [0.25, 0.3) is 5.91 Å². The molecule has 1 fully saturated rings. The number of imide groups is 1. The molecule has 6 nitrogen and oxygen atoms in total. The smallest absolute Gasteiger partial charge is 0.408 e. The summed E-state index contributed by atoms with van der Waals surface area (Å²) in [4.78, 5) is 34.7. The van der Waals surface area contributed by atoms with Crippen LogP contribution in [0.5, 0.6) is 0 Å². The highest BCUT2D eigenvalue weighted by atomic mass is 16.6. The van der Waals surface area contributed by atoms with Gasteiger partial charge in [-0.3, -0.25) is 14.9 Å². The molecule has 1 aliphatic rings. The highest BCUT2D eigenvalue weighted by molar-refractivity contribution is 6.03.